The van der Waals surface area contributed by atoms with Gasteiger partial charge >= 0.3 is 10.5 Å². The first-order valence-electron chi connectivity index (χ1n) is 3.15. The van der Waals surface area contributed by atoms with Crippen LogP contribution in [-0.4, -0.2) is 16.8 Å². The molecule has 1 rings (SSSR count). The van der Waals surface area contributed by atoms with Crippen LogP contribution in [0.4, 0.5) is 0 Å². The van der Waals surface area contributed by atoms with E-state index >= 15 is 0 Å². The highest BCUT2D eigenvalue weighted by atomic mass is 32.2. The standard InChI is InChI=1S/C6H5NO4S2/c8-12(9)7-13(10,11)6-4-2-1-3-5-6/h1-5H. The van der Waals surface area contributed by atoms with Gasteiger partial charge in [0, 0.05) is 0 Å². The maximum Gasteiger partial charge on any atom is 0.327 e. The molecule has 0 spiro atoms. The monoisotopic (exact) mass is 219 g/mol. The van der Waals surface area contributed by atoms with Crippen molar-refractivity contribution in [2.75, 3.05) is 0 Å². The van der Waals surface area contributed by atoms with Crippen LogP contribution >= 0.6 is 0 Å². The van der Waals surface area contributed by atoms with E-state index in [9.17, 15) is 16.8 Å². The molecule has 1 aromatic rings. The Balaban J connectivity index is 3.34. The lowest BCUT2D eigenvalue weighted by molar-refractivity contribution is 0.596. The van der Waals surface area contributed by atoms with E-state index < -0.39 is 20.5 Å². The van der Waals surface area contributed by atoms with Gasteiger partial charge in [0.05, 0.1) is 4.90 Å². The minimum atomic E-state index is -4.05. The molecule has 0 unspecified atom stereocenters. The largest absolute Gasteiger partial charge is 0.327 e. The van der Waals surface area contributed by atoms with Gasteiger partial charge in [-0.3, -0.25) is 0 Å². The Bertz CT molecular complexity index is 507. The van der Waals surface area contributed by atoms with E-state index in [2.05, 4.69) is 3.77 Å². The Morgan fingerprint density at radius 3 is 2.08 bits per heavy atom. The first-order valence-corrected chi connectivity index (χ1v) is 5.62. The molecule has 0 radical (unpaired) electrons. The number of hydrogen-bond acceptors (Lipinski definition) is 4. The molecular weight excluding hydrogens is 214 g/mol. The van der Waals surface area contributed by atoms with E-state index in [1.165, 1.54) is 24.3 Å². The molecule has 0 saturated carbocycles. The summed E-state index contributed by atoms with van der Waals surface area (Å²) in [5, 5.41) is 0. The Morgan fingerprint density at radius 2 is 1.62 bits per heavy atom. The molecule has 0 bridgehead atoms. The average Bonchev–Trinajstić information content (AvgIpc) is 2.04. The van der Waals surface area contributed by atoms with E-state index in [0.717, 1.165) is 0 Å². The fourth-order valence-electron chi connectivity index (χ4n) is 0.716. The Kier molecular flexibility index (Phi) is 2.79. The Morgan fingerprint density at radius 1 is 1.08 bits per heavy atom. The Labute approximate surface area is 76.8 Å². The van der Waals surface area contributed by atoms with E-state index in [1.807, 2.05) is 0 Å². The average molecular weight is 219 g/mol. The number of benzene rings is 1. The predicted octanol–water partition coefficient (Wildman–Crippen LogP) is 0.438. The van der Waals surface area contributed by atoms with Crippen molar-refractivity contribution in [3.05, 3.63) is 30.3 Å². The van der Waals surface area contributed by atoms with Crippen LogP contribution in [0.5, 0.6) is 0 Å². The lowest BCUT2D eigenvalue weighted by atomic mass is 10.4. The molecule has 13 heavy (non-hydrogen) atoms. The summed E-state index contributed by atoms with van der Waals surface area (Å²) in [6.45, 7) is 0. The highest BCUT2D eigenvalue weighted by Crippen LogP contribution is 2.10. The first kappa shape index (κ1) is 9.87. The van der Waals surface area contributed by atoms with Crippen LogP contribution in [0.3, 0.4) is 0 Å². The molecule has 0 aliphatic heterocycles. The fraction of sp³-hybridized carbons (Fsp3) is 0. The summed E-state index contributed by atoms with van der Waals surface area (Å²) in [5.74, 6) is 0. The van der Waals surface area contributed by atoms with Gasteiger partial charge in [0.25, 0.3) is 10.0 Å². The minimum absolute atomic E-state index is 0.140. The quantitative estimate of drug-likeness (QED) is 0.722. The van der Waals surface area contributed by atoms with Crippen molar-refractivity contribution in [3.63, 3.8) is 0 Å². The van der Waals surface area contributed by atoms with Crippen LogP contribution in [0, 0.1) is 0 Å². The molecule has 0 aliphatic carbocycles. The van der Waals surface area contributed by atoms with Crippen molar-refractivity contribution in [1.29, 1.82) is 0 Å². The summed E-state index contributed by atoms with van der Waals surface area (Å²) >= 11 is 0. The van der Waals surface area contributed by atoms with Crippen molar-refractivity contribution in [1.82, 2.24) is 0 Å². The van der Waals surface area contributed by atoms with Crippen LogP contribution < -0.4 is 0 Å². The molecule has 0 aromatic heterocycles. The smallest absolute Gasteiger partial charge is 0.198 e. The van der Waals surface area contributed by atoms with Gasteiger partial charge in [0.2, 0.25) is 0 Å². The van der Waals surface area contributed by atoms with Gasteiger partial charge in [-0.2, -0.15) is 16.8 Å². The minimum Gasteiger partial charge on any atom is -0.198 e. The van der Waals surface area contributed by atoms with Gasteiger partial charge in [-0.25, -0.2) is 0 Å². The third-order valence-corrected chi connectivity index (χ3v) is 3.34. The van der Waals surface area contributed by atoms with Crippen LogP contribution in [0.2, 0.25) is 0 Å². The van der Waals surface area contributed by atoms with Gasteiger partial charge in [-0.1, -0.05) is 18.2 Å². The molecule has 0 amide bonds. The van der Waals surface area contributed by atoms with Crippen LogP contribution in [-0.2, 0) is 20.5 Å². The van der Waals surface area contributed by atoms with Gasteiger partial charge < -0.3 is 0 Å². The Hall–Kier alpha value is -1.21. The zero-order chi connectivity index (χ0) is 9.90. The third-order valence-electron chi connectivity index (χ3n) is 1.20. The van der Waals surface area contributed by atoms with E-state index in [4.69, 9.17) is 0 Å². The summed E-state index contributed by atoms with van der Waals surface area (Å²) in [7, 11) is -7.00. The number of rotatable bonds is 2. The predicted molar refractivity (Wildman–Crippen MR) is 45.0 cm³/mol. The molecule has 5 nitrogen and oxygen atoms in total. The van der Waals surface area contributed by atoms with Crippen molar-refractivity contribution >= 4 is 20.5 Å². The molecule has 1 aromatic carbocycles. The highest BCUT2D eigenvalue weighted by Gasteiger charge is 2.11. The molecule has 0 aliphatic rings. The van der Waals surface area contributed by atoms with Gasteiger partial charge in [-0.15, -0.1) is 0 Å². The fourth-order valence-corrected chi connectivity index (χ4v) is 2.20. The molecular formula is C6H5NO4S2. The highest BCUT2D eigenvalue weighted by molar-refractivity contribution is 7.94. The molecule has 0 atom stereocenters. The van der Waals surface area contributed by atoms with Crippen molar-refractivity contribution in [2.45, 2.75) is 4.90 Å². The van der Waals surface area contributed by atoms with E-state index in [-0.39, 0.29) is 4.90 Å². The summed E-state index contributed by atoms with van der Waals surface area (Å²) in [4.78, 5) is -0.140. The molecule has 0 fully saturated rings. The molecule has 0 heterocycles. The van der Waals surface area contributed by atoms with Gasteiger partial charge in [0.1, 0.15) is 0 Å². The van der Waals surface area contributed by atoms with E-state index in [0.29, 0.717) is 0 Å². The van der Waals surface area contributed by atoms with Gasteiger partial charge in [-0.05, 0) is 15.9 Å². The van der Waals surface area contributed by atoms with Crippen molar-refractivity contribution < 1.29 is 16.8 Å². The second-order valence-electron chi connectivity index (χ2n) is 2.08. The summed E-state index contributed by atoms with van der Waals surface area (Å²) in [6, 6.07) is 7.12. The molecule has 0 saturated heterocycles. The summed E-state index contributed by atoms with van der Waals surface area (Å²) in [5.41, 5.74) is 0. The van der Waals surface area contributed by atoms with Gasteiger partial charge in [0.15, 0.2) is 0 Å². The third kappa shape index (κ3) is 2.63. The number of nitrogens with zero attached hydrogens (tertiary/aromatic N) is 1. The zero-order valence-corrected chi connectivity index (χ0v) is 7.92. The van der Waals surface area contributed by atoms with Crippen molar-refractivity contribution in [3.8, 4) is 0 Å². The lowest BCUT2D eigenvalue weighted by Gasteiger charge is -1.92. The molecule has 70 valence electrons. The summed E-state index contributed by atoms with van der Waals surface area (Å²) in [6.07, 6.45) is 0. The van der Waals surface area contributed by atoms with E-state index in [1.54, 1.807) is 6.07 Å². The second-order valence-corrected chi connectivity index (χ2v) is 4.53. The van der Waals surface area contributed by atoms with Crippen LogP contribution in [0.1, 0.15) is 0 Å². The first-order chi connectivity index (χ1) is 6.02. The number of sulfonamides is 1. The van der Waals surface area contributed by atoms with Crippen LogP contribution in [0.15, 0.2) is 39.0 Å². The zero-order valence-electron chi connectivity index (χ0n) is 6.28. The normalized spacial score (nSPS) is 10.8. The second kappa shape index (κ2) is 3.67. The lowest BCUT2D eigenvalue weighted by Crippen LogP contribution is -1.94. The van der Waals surface area contributed by atoms with Crippen molar-refractivity contribution in [2.24, 2.45) is 3.77 Å². The number of hydrogen-bond donors (Lipinski definition) is 0. The maximum absolute atomic E-state index is 11.1. The summed E-state index contributed by atoms with van der Waals surface area (Å²) < 4.78 is 44.8. The molecule has 7 heteroatoms. The molecule has 0 N–H and O–H groups in total. The SMILES string of the molecule is O=S(=O)=NS(=O)(=O)c1ccccc1. The maximum atomic E-state index is 11.1. The topological polar surface area (TPSA) is 80.6 Å². The van der Waals surface area contributed by atoms with Crippen LogP contribution in [0.25, 0.3) is 0 Å².